The van der Waals surface area contributed by atoms with Gasteiger partial charge in [0, 0.05) is 12.8 Å². The molecule has 0 aromatic heterocycles. The maximum atomic E-state index is 12.0. The van der Waals surface area contributed by atoms with Crippen LogP contribution < -0.4 is 0 Å². The molecule has 3 atom stereocenters. The smallest absolute Gasteiger partial charge is 0.311 e. The van der Waals surface area contributed by atoms with Crippen molar-refractivity contribution in [3.05, 3.63) is 0 Å². The quantitative estimate of drug-likeness (QED) is 0.769. The summed E-state index contributed by atoms with van der Waals surface area (Å²) in [6.07, 6.45) is 2.41. The summed E-state index contributed by atoms with van der Waals surface area (Å²) in [5, 5.41) is 10.8. The van der Waals surface area contributed by atoms with Crippen LogP contribution in [0.1, 0.15) is 53.4 Å². The first-order chi connectivity index (χ1) is 8.40. The van der Waals surface area contributed by atoms with Gasteiger partial charge in [-0.2, -0.15) is 0 Å². The highest BCUT2D eigenvalue weighted by Crippen LogP contribution is 2.40. The summed E-state index contributed by atoms with van der Waals surface area (Å²) in [5.74, 6) is -0.741. The molecule has 1 saturated heterocycles. The van der Waals surface area contributed by atoms with Crippen LogP contribution in [0.3, 0.4) is 0 Å². The third-order valence-corrected chi connectivity index (χ3v) is 4.04. The van der Waals surface area contributed by atoms with E-state index in [1.165, 1.54) is 0 Å². The Morgan fingerprint density at radius 2 is 2.11 bits per heavy atom. The van der Waals surface area contributed by atoms with Gasteiger partial charge in [-0.3, -0.25) is 4.79 Å². The summed E-state index contributed by atoms with van der Waals surface area (Å²) >= 11 is 0. The number of hydrogen-bond acceptors (Lipinski definition) is 4. The Kier molecular flexibility index (Phi) is 5.17. The lowest BCUT2D eigenvalue weighted by Gasteiger charge is -2.45. The molecule has 0 aromatic rings. The minimum absolute atomic E-state index is 0.289. The summed E-state index contributed by atoms with van der Waals surface area (Å²) in [4.78, 5) is 12.0. The van der Waals surface area contributed by atoms with Crippen molar-refractivity contribution >= 4 is 5.97 Å². The van der Waals surface area contributed by atoms with Crippen LogP contribution in [0.2, 0.25) is 0 Å². The van der Waals surface area contributed by atoms with Gasteiger partial charge in [0.25, 0.3) is 0 Å². The summed E-state index contributed by atoms with van der Waals surface area (Å²) in [7, 11) is 0. The average Bonchev–Trinajstić information content (AvgIpc) is 2.29. The van der Waals surface area contributed by atoms with E-state index in [-0.39, 0.29) is 11.6 Å². The second kappa shape index (κ2) is 6.02. The topological polar surface area (TPSA) is 55.8 Å². The summed E-state index contributed by atoms with van der Waals surface area (Å²) < 4.78 is 10.8. The highest BCUT2D eigenvalue weighted by molar-refractivity contribution is 5.73. The molecule has 1 aliphatic heterocycles. The molecule has 1 aliphatic rings. The number of rotatable bonds is 5. The van der Waals surface area contributed by atoms with Gasteiger partial charge in [-0.05, 0) is 26.7 Å². The molecule has 106 valence electrons. The van der Waals surface area contributed by atoms with Crippen molar-refractivity contribution in [3.63, 3.8) is 0 Å². The van der Waals surface area contributed by atoms with Gasteiger partial charge in [0.1, 0.15) is 0 Å². The van der Waals surface area contributed by atoms with Crippen LogP contribution in [-0.2, 0) is 14.3 Å². The first kappa shape index (κ1) is 15.4. The van der Waals surface area contributed by atoms with Crippen molar-refractivity contribution in [1.29, 1.82) is 0 Å². The Labute approximate surface area is 110 Å². The van der Waals surface area contributed by atoms with Crippen molar-refractivity contribution in [2.24, 2.45) is 5.92 Å². The monoisotopic (exact) mass is 258 g/mol. The fourth-order valence-corrected chi connectivity index (χ4v) is 2.79. The number of hydrogen-bond donors (Lipinski definition) is 1. The fraction of sp³-hybridized carbons (Fsp3) is 0.929. The van der Waals surface area contributed by atoms with Gasteiger partial charge in [0.2, 0.25) is 0 Å². The Morgan fingerprint density at radius 1 is 1.44 bits per heavy atom. The minimum atomic E-state index is -0.996. The largest absolute Gasteiger partial charge is 0.466 e. The van der Waals surface area contributed by atoms with Crippen LogP contribution in [0.15, 0.2) is 0 Å². The van der Waals surface area contributed by atoms with Crippen LogP contribution in [-0.4, -0.2) is 35.5 Å². The summed E-state index contributed by atoms with van der Waals surface area (Å²) in [5.41, 5.74) is -1.34. The number of esters is 1. The van der Waals surface area contributed by atoms with Crippen LogP contribution in [0.5, 0.6) is 0 Å². The molecule has 4 heteroatoms. The molecule has 1 heterocycles. The van der Waals surface area contributed by atoms with Gasteiger partial charge in [-0.1, -0.05) is 13.8 Å². The van der Waals surface area contributed by atoms with E-state index in [1.54, 1.807) is 6.92 Å². The molecule has 0 radical (unpaired) electrons. The zero-order chi connectivity index (χ0) is 13.8. The van der Waals surface area contributed by atoms with Gasteiger partial charge >= 0.3 is 5.97 Å². The molecule has 1 rings (SSSR count). The summed E-state index contributed by atoms with van der Waals surface area (Å²) in [6.45, 7) is 8.59. The predicted octanol–water partition coefficient (Wildman–Crippen LogP) is 2.29. The molecule has 1 fully saturated rings. The lowest BCUT2D eigenvalue weighted by Crippen LogP contribution is -2.53. The Bertz CT molecular complexity index is 292. The van der Waals surface area contributed by atoms with Crippen molar-refractivity contribution in [1.82, 2.24) is 0 Å². The zero-order valence-corrected chi connectivity index (χ0v) is 12.0. The van der Waals surface area contributed by atoms with Crippen LogP contribution >= 0.6 is 0 Å². The lowest BCUT2D eigenvalue weighted by atomic mass is 9.73. The second-order valence-electron chi connectivity index (χ2n) is 5.40. The molecular weight excluding hydrogens is 232 g/mol. The van der Waals surface area contributed by atoms with E-state index in [4.69, 9.17) is 9.47 Å². The molecule has 4 nitrogen and oxygen atoms in total. The Hall–Kier alpha value is -0.610. The van der Waals surface area contributed by atoms with Crippen LogP contribution in [0.4, 0.5) is 0 Å². The first-order valence-electron chi connectivity index (χ1n) is 6.93. The van der Waals surface area contributed by atoms with E-state index in [9.17, 15) is 9.90 Å². The Morgan fingerprint density at radius 3 is 2.61 bits per heavy atom. The fourth-order valence-electron chi connectivity index (χ4n) is 2.79. The lowest BCUT2D eigenvalue weighted by molar-refractivity contribution is -0.189. The molecule has 0 bridgehead atoms. The molecule has 3 unspecified atom stereocenters. The van der Waals surface area contributed by atoms with Crippen molar-refractivity contribution in [2.45, 2.75) is 64.6 Å². The molecule has 1 N–H and O–H groups in total. The van der Waals surface area contributed by atoms with Crippen LogP contribution in [0.25, 0.3) is 0 Å². The number of ether oxygens (including phenoxy) is 2. The third kappa shape index (κ3) is 3.23. The molecule has 0 aliphatic carbocycles. The van der Waals surface area contributed by atoms with Crippen molar-refractivity contribution in [3.8, 4) is 0 Å². The maximum absolute atomic E-state index is 12.0. The Balaban J connectivity index is 2.85. The summed E-state index contributed by atoms with van der Waals surface area (Å²) in [6, 6.07) is 0. The molecular formula is C14H26O4. The van der Waals surface area contributed by atoms with E-state index in [1.807, 2.05) is 20.8 Å². The van der Waals surface area contributed by atoms with E-state index in [0.29, 0.717) is 32.5 Å². The number of carbonyl (C=O) groups excluding carboxylic acids is 1. The number of carbonyl (C=O) groups is 1. The standard InChI is InChI=1S/C14H26O4/c1-5-11(12(15)17-7-3)14(16)8-9-18-13(4,6-2)10-14/h11,16H,5-10H2,1-4H3. The van der Waals surface area contributed by atoms with Gasteiger partial charge in [-0.25, -0.2) is 0 Å². The van der Waals surface area contributed by atoms with Gasteiger partial charge in [0.15, 0.2) is 0 Å². The van der Waals surface area contributed by atoms with Gasteiger partial charge in [0.05, 0.1) is 30.3 Å². The molecule has 0 saturated carbocycles. The van der Waals surface area contributed by atoms with Crippen molar-refractivity contribution < 1.29 is 19.4 Å². The van der Waals surface area contributed by atoms with E-state index >= 15 is 0 Å². The van der Waals surface area contributed by atoms with Gasteiger partial charge < -0.3 is 14.6 Å². The van der Waals surface area contributed by atoms with Gasteiger partial charge in [-0.15, -0.1) is 0 Å². The highest BCUT2D eigenvalue weighted by Gasteiger charge is 2.48. The van der Waals surface area contributed by atoms with E-state index in [2.05, 4.69) is 0 Å². The van der Waals surface area contributed by atoms with E-state index in [0.717, 1.165) is 6.42 Å². The number of aliphatic hydroxyl groups is 1. The molecule has 0 aromatic carbocycles. The predicted molar refractivity (Wildman–Crippen MR) is 69.2 cm³/mol. The minimum Gasteiger partial charge on any atom is -0.466 e. The zero-order valence-electron chi connectivity index (χ0n) is 12.0. The second-order valence-corrected chi connectivity index (χ2v) is 5.40. The normalized spacial score (nSPS) is 34.1. The third-order valence-electron chi connectivity index (χ3n) is 4.04. The molecule has 0 amide bonds. The van der Waals surface area contributed by atoms with Crippen LogP contribution in [0, 0.1) is 5.92 Å². The van der Waals surface area contributed by atoms with E-state index < -0.39 is 11.5 Å². The average molecular weight is 258 g/mol. The molecule has 18 heavy (non-hydrogen) atoms. The SMILES string of the molecule is CCOC(=O)C(CC)C1(O)CCOC(C)(CC)C1. The first-order valence-corrected chi connectivity index (χ1v) is 6.93. The molecule has 0 spiro atoms. The highest BCUT2D eigenvalue weighted by atomic mass is 16.5. The van der Waals surface area contributed by atoms with Crippen molar-refractivity contribution in [2.75, 3.05) is 13.2 Å². The maximum Gasteiger partial charge on any atom is 0.311 e.